The summed E-state index contributed by atoms with van der Waals surface area (Å²) in [5.41, 5.74) is 10.3. The first-order chi connectivity index (χ1) is 16.9. The zero-order valence-corrected chi connectivity index (χ0v) is 22.2. The molecule has 12 heteroatoms. The summed E-state index contributed by atoms with van der Waals surface area (Å²) in [6, 6.07) is 7.16. The number of nitrogens with two attached hydrogens (primary N) is 1. The van der Waals surface area contributed by atoms with Crippen LogP contribution in [-0.2, 0) is 10.0 Å². The van der Waals surface area contributed by atoms with Crippen LogP contribution in [0.2, 0.25) is 0 Å². The van der Waals surface area contributed by atoms with Crippen molar-refractivity contribution in [2.75, 3.05) is 16.2 Å². The Kier molecular flexibility index (Phi) is 6.67. The fraction of sp³-hybridized carbons (Fsp3) is 0.292. The molecule has 10 nitrogen and oxygen atoms in total. The lowest BCUT2D eigenvalue weighted by Crippen LogP contribution is -2.35. The highest BCUT2D eigenvalue weighted by atomic mass is 32.2. The molecule has 0 aliphatic rings. The van der Waals surface area contributed by atoms with Gasteiger partial charge in [0.25, 0.3) is 0 Å². The lowest BCUT2D eigenvalue weighted by Gasteiger charge is -2.19. The predicted octanol–water partition coefficient (Wildman–Crippen LogP) is 4.57. The molecule has 36 heavy (non-hydrogen) atoms. The molecule has 3 N–H and O–H groups in total. The van der Waals surface area contributed by atoms with Crippen LogP contribution in [0.4, 0.5) is 15.9 Å². The van der Waals surface area contributed by atoms with Crippen LogP contribution in [0.25, 0.3) is 32.6 Å². The summed E-state index contributed by atoms with van der Waals surface area (Å²) in [7, 11) is -3.65. The number of aryl methyl sites for hydroxylation is 1. The van der Waals surface area contributed by atoms with E-state index in [1.165, 1.54) is 16.2 Å². The normalized spacial score (nSPS) is 12.0. The Labute approximate surface area is 213 Å². The van der Waals surface area contributed by atoms with Gasteiger partial charge in [0.05, 0.1) is 20.7 Å². The van der Waals surface area contributed by atoms with E-state index in [1.807, 2.05) is 38.1 Å². The number of amides is 2. The summed E-state index contributed by atoms with van der Waals surface area (Å²) in [6.45, 7) is 8.97. The minimum atomic E-state index is -3.65. The van der Waals surface area contributed by atoms with Crippen molar-refractivity contribution < 1.29 is 13.2 Å². The van der Waals surface area contributed by atoms with Crippen LogP contribution in [0.3, 0.4) is 0 Å². The Morgan fingerprint density at radius 3 is 2.33 bits per heavy atom. The van der Waals surface area contributed by atoms with Gasteiger partial charge in [-0.1, -0.05) is 17.4 Å². The number of carbonyl (C=O) groups excluding carboxylic acids is 1. The molecule has 0 bridgehead atoms. The first-order valence-corrected chi connectivity index (χ1v) is 13.5. The Balaban J connectivity index is 1.81. The quantitative estimate of drug-likeness (QED) is 0.375. The highest BCUT2D eigenvalue weighted by Gasteiger charge is 2.29. The van der Waals surface area contributed by atoms with Gasteiger partial charge in [-0.2, -0.15) is 0 Å². The minimum absolute atomic E-state index is 0.00818. The first kappa shape index (κ1) is 25.5. The average molecular weight is 526 g/mol. The smallest absolute Gasteiger partial charge is 0.321 e. The number of aromatic nitrogens is 4. The summed E-state index contributed by atoms with van der Waals surface area (Å²) in [4.78, 5) is 31.0. The fourth-order valence-electron chi connectivity index (χ4n) is 3.31. The molecule has 2 amide bonds. The molecule has 0 saturated carbocycles. The minimum Gasteiger partial charge on any atom is -0.351 e. The zero-order valence-electron chi connectivity index (χ0n) is 20.6. The van der Waals surface area contributed by atoms with Crippen molar-refractivity contribution in [3.63, 3.8) is 0 Å². The van der Waals surface area contributed by atoms with Gasteiger partial charge in [-0.15, -0.1) is 0 Å². The third-order valence-electron chi connectivity index (χ3n) is 5.50. The SMILES string of the molecule is CCN(C(N)=O)c1nc2cc(-c3cnc(NS(=O)(=O)C(C)(C)C)nc3)cc(-c3ccc(C)cn3)c2s1. The standard InChI is InChI=1S/C24H27N7O3S2/c1-6-31(21(25)32)23-29-19-10-15(9-17(20(19)35-23)18-8-7-14(2)11-26-18)16-12-27-22(28-13-16)30-36(33,34)24(3,4)5/h7-13H,6H2,1-5H3,(H2,25,32)(H,27,28,30). The van der Waals surface area contributed by atoms with E-state index in [2.05, 4.69) is 24.7 Å². The van der Waals surface area contributed by atoms with Gasteiger partial charge in [-0.3, -0.25) is 14.6 Å². The molecule has 0 aliphatic heterocycles. The van der Waals surface area contributed by atoms with Gasteiger partial charge in [0.1, 0.15) is 0 Å². The molecular weight excluding hydrogens is 498 g/mol. The van der Waals surface area contributed by atoms with E-state index in [1.54, 1.807) is 39.4 Å². The molecule has 4 rings (SSSR count). The number of rotatable bonds is 6. The predicted molar refractivity (Wildman–Crippen MR) is 144 cm³/mol. The van der Waals surface area contributed by atoms with E-state index < -0.39 is 20.8 Å². The van der Waals surface area contributed by atoms with E-state index in [0.717, 1.165) is 27.1 Å². The van der Waals surface area contributed by atoms with E-state index in [4.69, 9.17) is 5.73 Å². The van der Waals surface area contributed by atoms with Crippen molar-refractivity contribution in [3.05, 3.63) is 48.4 Å². The number of sulfonamides is 1. The summed E-state index contributed by atoms with van der Waals surface area (Å²) in [5.74, 6) is -0.00818. The maximum absolute atomic E-state index is 12.4. The third-order valence-corrected chi connectivity index (χ3v) is 8.69. The van der Waals surface area contributed by atoms with Gasteiger partial charge in [0, 0.05) is 36.3 Å². The van der Waals surface area contributed by atoms with Gasteiger partial charge in [-0.05, 0) is 63.9 Å². The summed E-state index contributed by atoms with van der Waals surface area (Å²) in [5, 5.41) is 0.494. The van der Waals surface area contributed by atoms with Gasteiger partial charge in [0.15, 0.2) is 5.13 Å². The number of carbonyl (C=O) groups is 1. The monoisotopic (exact) mass is 525 g/mol. The highest BCUT2D eigenvalue weighted by Crippen LogP contribution is 2.39. The van der Waals surface area contributed by atoms with Crippen LogP contribution < -0.4 is 15.4 Å². The molecule has 0 atom stereocenters. The molecule has 0 aliphatic carbocycles. The molecule has 3 aromatic heterocycles. The zero-order chi connectivity index (χ0) is 26.3. The third kappa shape index (κ3) is 5.00. The number of primary amides is 1. The Morgan fingerprint density at radius 2 is 1.78 bits per heavy atom. The lowest BCUT2D eigenvalue weighted by atomic mass is 10.0. The summed E-state index contributed by atoms with van der Waals surface area (Å²) >= 11 is 1.36. The number of anilines is 2. The van der Waals surface area contributed by atoms with E-state index in [9.17, 15) is 13.2 Å². The average Bonchev–Trinajstić information content (AvgIpc) is 3.22. The van der Waals surface area contributed by atoms with Crippen LogP contribution in [0, 0.1) is 6.92 Å². The van der Waals surface area contributed by atoms with E-state index >= 15 is 0 Å². The molecule has 0 spiro atoms. The molecule has 0 unspecified atom stereocenters. The molecule has 188 valence electrons. The van der Waals surface area contributed by atoms with Gasteiger partial charge in [-0.25, -0.2) is 28.2 Å². The van der Waals surface area contributed by atoms with Gasteiger partial charge < -0.3 is 5.73 Å². The number of nitrogens with one attached hydrogen (secondary N) is 1. The van der Waals surface area contributed by atoms with Crippen molar-refractivity contribution in [2.45, 2.75) is 39.4 Å². The van der Waals surface area contributed by atoms with Crippen LogP contribution in [0.1, 0.15) is 33.3 Å². The summed E-state index contributed by atoms with van der Waals surface area (Å²) < 4.78 is 27.2. The Hall–Kier alpha value is -3.64. The van der Waals surface area contributed by atoms with Crippen LogP contribution in [-0.4, -0.2) is 45.7 Å². The number of pyridine rings is 1. The second kappa shape index (κ2) is 9.43. The number of urea groups is 1. The van der Waals surface area contributed by atoms with Crippen molar-refractivity contribution in [1.29, 1.82) is 0 Å². The summed E-state index contributed by atoms with van der Waals surface area (Å²) in [6.07, 6.45) is 4.89. The molecule has 3 heterocycles. The van der Waals surface area contributed by atoms with Gasteiger partial charge >= 0.3 is 6.03 Å². The number of hydrogen-bond donors (Lipinski definition) is 2. The molecular formula is C24H27N7O3S2. The van der Waals surface area contributed by atoms with Gasteiger partial charge in [0.2, 0.25) is 16.0 Å². The Morgan fingerprint density at radius 1 is 1.08 bits per heavy atom. The maximum Gasteiger partial charge on any atom is 0.321 e. The van der Waals surface area contributed by atoms with E-state index in [0.29, 0.717) is 22.8 Å². The second-order valence-electron chi connectivity index (χ2n) is 9.19. The number of thiazole rings is 1. The topological polar surface area (TPSA) is 144 Å². The maximum atomic E-state index is 12.4. The van der Waals surface area contributed by atoms with Crippen molar-refractivity contribution >= 4 is 48.7 Å². The fourth-order valence-corrected chi connectivity index (χ4v) is 5.10. The number of nitrogens with zero attached hydrogens (tertiary/aromatic N) is 5. The van der Waals surface area contributed by atoms with Crippen LogP contribution in [0.5, 0.6) is 0 Å². The highest BCUT2D eigenvalue weighted by molar-refractivity contribution is 7.94. The first-order valence-electron chi connectivity index (χ1n) is 11.2. The number of fused-ring (bicyclic) bond motifs is 1. The largest absolute Gasteiger partial charge is 0.351 e. The molecule has 1 aromatic carbocycles. The molecule has 0 radical (unpaired) electrons. The molecule has 0 fully saturated rings. The molecule has 0 saturated heterocycles. The molecule has 4 aromatic rings. The van der Waals surface area contributed by atoms with Crippen molar-refractivity contribution in [2.24, 2.45) is 5.73 Å². The van der Waals surface area contributed by atoms with Crippen LogP contribution in [0.15, 0.2) is 42.9 Å². The van der Waals surface area contributed by atoms with E-state index in [-0.39, 0.29) is 5.95 Å². The lowest BCUT2D eigenvalue weighted by molar-refractivity contribution is 0.254. The van der Waals surface area contributed by atoms with Crippen LogP contribution >= 0.6 is 11.3 Å². The van der Waals surface area contributed by atoms with Crippen molar-refractivity contribution in [1.82, 2.24) is 19.9 Å². The van der Waals surface area contributed by atoms with Crippen molar-refractivity contribution in [3.8, 4) is 22.4 Å². The Bertz CT molecular complexity index is 1530. The second-order valence-corrected chi connectivity index (χ2v) is 12.6. The number of benzene rings is 1. The number of hydrogen-bond acceptors (Lipinski definition) is 8.